The Bertz CT molecular complexity index is 838. The van der Waals surface area contributed by atoms with Gasteiger partial charge in [0.2, 0.25) is 0 Å². The van der Waals surface area contributed by atoms with Gasteiger partial charge in [-0.3, -0.25) is 4.98 Å². The SMILES string of the molecule is CC(C)(OB(c1ccc(Cl)cc1)c1ccc(Cl)cc1)c1ncccc1O. The fourth-order valence-corrected chi connectivity index (χ4v) is 3.07. The smallest absolute Gasteiger partial charge is 0.362 e. The van der Waals surface area contributed by atoms with Gasteiger partial charge in [0, 0.05) is 16.2 Å². The Labute approximate surface area is 163 Å². The van der Waals surface area contributed by atoms with Gasteiger partial charge in [0.1, 0.15) is 11.4 Å². The summed E-state index contributed by atoms with van der Waals surface area (Å²) >= 11 is 12.1. The van der Waals surface area contributed by atoms with Crippen LogP contribution in [0.5, 0.6) is 5.75 Å². The van der Waals surface area contributed by atoms with Crippen LogP contribution in [0.1, 0.15) is 19.5 Å². The molecule has 3 rings (SSSR count). The molecule has 2 aromatic carbocycles. The van der Waals surface area contributed by atoms with E-state index in [4.69, 9.17) is 27.9 Å². The molecule has 0 unspecified atom stereocenters. The van der Waals surface area contributed by atoms with E-state index >= 15 is 0 Å². The Balaban J connectivity index is 2.02. The van der Waals surface area contributed by atoms with Crippen LogP contribution >= 0.6 is 23.2 Å². The highest BCUT2D eigenvalue weighted by atomic mass is 35.5. The van der Waals surface area contributed by atoms with E-state index in [1.807, 2.05) is 62.4 Å². The van der Waals surface area contributed by atoms with Crippen molar-refractivity contribution in [2.45, 2.75) is 19.4 Å². The summed E-state index contributed by atoms with van der Waals surface area (Å²) in [4.78, 5) is 4.30. The molecule has 0 atom stereocenters. The van der Waals surface area contributed by atoms with Crippen molar-refractivity contribution in [1.29, 1.82) is 0 Å². The highest BCUT2D eigenvalue weighted by Crippen LogP contribution is 2.30. The lowest BCUT2D eigenvalue weighted by atomic mass is 9.55. The molecule has 0 aliphatic heterocycles. The maximum absolute atomic E-state index is 10.2. The second-order valence-electron chi connectivity index (χ2n) is 6.48. The summed E-state index contributed by atoms with van der Waals surface area (Å²) < 4.78 is 6.45. The molecule has 3 nitrogen and oxygen atoms in total. The number of aromatic nitrogens is 1. The fraction of sp³-hybridized carbons (Fsp3) is 0.150. The maximum atomic E-state index is 10.2. The van der Waals surface area contributed by atoms with Gasteiger partial charge in [-0.2, -0.15) is 0 Å². The normalized spacial score (nSPS) is 11.4. The van der Waals surface area contributed by atoms with Gasteiger partial charge in [-0.1, -0.05) is 47.5 Å². The Hall–Kier alpha value is -2.01. The summed E-state index contributed by atoms with van der Waals surface area (Å²) in [6, 6.07) is 18.3. The first kappa shape index (κ1) is 18.8. The summed E-state index contributed by atoms with van der Waals surface area (Å²) in [5.74, 6) is 0.100. The molecule has 0 bridgehead atoms. The number of benzene rings is 2. The van der Waals surface area contributed by atoms with Crippen molar-refractivity contribution in [2.24, 2.45) is 0 Å². The number of hydrogen-bond acceptors (Lipinski definition) is 3. The molecule has 6 heteroatoms. The second-order valence-corrected chi connectivity index (χ2v) is 7.36. The van der Waals surface area contributed by atoms with Crippen LogP contribution in [-0.4, -0.2) is 17.0 Å². The minimum Gasteiger partial charge on any atom is -0.506 e. The van der Waals surface area contributed by atoms with Gasteiger partial charge >= 0.3 is 6.92 Å². The van der Waals surface area contributed by atoms with Crippen molar-refractivity contribution in [3.8, 4) is 5.75 Å². The zero-order valence-electron chi connectivity index (χ0n) is 14.5. The largest absolute Gasteiger partial charge is 0.506 e. The fourth-order valence-electron chi connectivity index (χ4n) is 2.81. The zero-order valence-corrected chi connectivity index (χ0v) is 16.0. The third-order valence-electron chi connectivity index (χ3n) is 4.11. The van der Waals surface area contributed by atoms with Crippen molar-refractivity contribution >= 4 is 41.0 Å². The molecule has 26 heavy (non-hydrogen) atoms. The van der Waals surface area contributed by atoms with Crippen molar-refractivity contribution in [2.75, 3.05) is 0 Å². The van der Waals surface area contributed by atoms with Gasteiger partial charge in [-0.15, -0.1) is 0 Å². The predicted octanol–water partition coefficient (Wildman–Crippen LogP) is 4.15. The van der Waals surface area contributed by atoms with Crippen molar-refractivity contribution in [3.63, 3.8) is 0 Å². The van der Waals surface area contributed by atoms with E-state index in [2.05, 4.69) is 4.98 Å². The second kappa shape index (κ2) is 7.71. The Kier molecular flexibility index (Phi) is 5.56. The molecule has 0 aliphatic carbocycles. The van der Waals surface area contributed by atoms with Crippen LogP contribution in [-0.2, 0) is 10.3 Å². The molecule has 0 saturated carbocycles. The highest BCUT2D eigenvalue weighted by molar-refractivity contribution is 6.80. The summed E-state index contributed by atoms with van der Waals surface area (Å²) in [6.45, 7) is 3.39. The average Bonchev–Trinajstić information content (AvgIpc) is 2.62. The molecule has 3 aromatic rings. The molecule has 0 amide bonds. The van der Waals surface area contributed by atoms with E-state index < -0.39 is 5.60 Å². The molecule has 0 fully saturated rings. The summed E-state index contributed by atoms with van der Waals surface area (Å²) in [5.41, 5.74) is 1.54. The van der Waals surface area contributed by atoms with Gasteiger partial charge in [-0.25, -0.2) is 0 Å². The monoisotopic (exact) mass is 385 g/mol. The van der Waals surface area contributed by atoms with Gasteiger partial charge < -0.3 is 9.76 Å². The summed E-state index contributed by atoms with van der Waals surface area (Å²) in [5, 5.41) is 11.5. The van der Waals surface area contributed by atoms with Crippen LogP contribution in [0.15, 0.2) is 66.9 Å². The van der Waals surface area contributed by atoms with Crippen LogP contribution in [0, 0.1) is 0 Å². The zero-order chi connectivity index (χ0) is 18.7. The summed E-state index contributed by atoms with van der Waals surface area (Å²) in [6.07, 6.45) is 1.64. The number of aromatic hydroxyl groups is 1. The van der Waals surface area contributed by atoms with E-state index in [0.29, 0.717) is 15.7 Å². The van der Waals surface area contributed by atoms with Crippen LogP contribution in [0.2, 0.25) is 10.0 Å². The lowest BCUT2D eigenvalue weighted by molar-refractivity contribution is 0.104. The first-order valence-electron chi connectivity index (χ1n) is 8.20. The highest BCUT2D eigenvalue weighted by Gasteiger charge is 2.33. The average molecular weight is 386 g/mol. The van der Waals surface area contributed by atoms with Gasteiger partial charge in [0.25, 0.3) is 0 Å². The molecule has 132 valence electrons. The van der Waals surface area contributed by atoms with E-state index in [1.54, 1.807) is 18.3 Å². The number of rotatable bonds is 5. The molecular weight excluding hydrogens is 368 g/mol. The van der Waals surface area contributed by atoms with Gasteiger partial charge in [-0.05, 0) is 61.2 Å². The van der Waals surface area contributed by atoms with Crippen molar-refractivity contribution < 1.29 is 9.76 Å². The van der Waals surface area contributed by atoms with E-state index in [1.165, 1.54) is 0 Å². The lowest BCUT2D eigenvalue weighted by Gasteiger charge is -2.30. The number of halogens is 2. The van der Waals surface area contributed by atoms with E-state index in [9.17, 15) is 5.11 Å². The number of hydrogen-bond donors (Lipinski definition) is 1. The van der Waals surface area contributed by atoms with Crippen LogP contribution < -0.4 is 10.9 Å². The first-order chi connectivity index (χ1) is 12.4. The van der Waals surface area contributed by atoms with Gasteiger partial charge in [0.05, 0.1) is 5.60 Å². The number of nitrogens with zero attached hydrogens (tertiary/aromatic N) is 1. The minimum absolute atomic E-state index is 0.100. The quantitative estimate of drug-likeness (QED) is 0.670. The third-order valence-corrected chi connectivity index (χ3v) is 4.62. The molecule has 1 N–H and O–H groups in total. The molecule has 1 heterocycles. The molecule has 1 aromatic heterocycles. The van der Waals surface area contributed by atoms with Crippen LogP contribution in [0.4, 0.5) is 0 Å². The van der Waals surface area contributed by atoms with Crippen molar-refractivity contribution in [1.82, 2.24) is 4.98 Å². The molecule has 0 saturated heterocycles. The third kappa shape index (κ3) is 4.21. The maximum Gasteiger partial charge on any atom is 0.362 e. The van der Waals surface area contributed by atoms with Crippen LogP contribution in [0.25, 0.3) is 0 Å². The molecule has 0 aliphatic rings. The Morgan fingerprint density at radius 3 is 1.85 bits per heavy atom. The topological polar surface area (TPSA) is 42.4 Å². The Morgan fingerprint density at radius 1 is 0.885 bits per heavy atom. The van der Waals surface area contributed by atoms with Gasteiger partial charge in [0.15, 0.2) is 0 Å². The first-order valence-corrected chi connectivity index (χ1v) is 8.95. The van der Waals surface area contributed by atoms with E-state index in [0.717, 1.165) is 10.9 Å². The molecule has 0 radical (unpaired) electrons. The van der Waals surface area contributed by atoms with E-state index in [-0.39, 0.29) is 12.7 Å². The number of pyridine rings is 1. The molecular formula is C20H18BCl2NO2. The predicted molar refractivity (Wildman–Crippen MR) is 108 cm³/mol. The standard InChI is InChI=1S/C20H18BCl2NO2/c1-20(2,19-18(25)4-3-13-24-19)26-21(14-5-9-16(22)10-6-14)15-7-11-17(23)12-8-15/h3-13,25H,1-2H3. The summed E-state index contributed by atoms with van der Waals surface area (Å²) in [7, 11) is 0. The van der Waals surface area contributed by atoms with Crippen LogP contribution in [0.3, 0.4) is 0 Å². The molecule has 0 spiro atoms. The lowest BCUT2D eigenvalue weighted by Crippen LogP contribution is -2.49. The Morgan fingerprint density at radius 2 is 1.38 bits per heavy atom. The van der Waals surface area contributed by atoms with Crippen molar-refractivity contribution in [3.05, 3.63) is 82.6 Å². The minimum atomic E-state index is -0.824.